The fourth-order valence-electron chi connectivity index (χ4n) is 3.04. The normalized spacial score (nSPS) is 17.4. The maximum absolute atomic E-state index is 12.1. The van der Waals surface area contributed by atoms with Gasteiger partial charge in [0.25, 0.3) is 0 Å². The Hall–Kier alpha value is -2.67. The summed E-state index contributed by atoms with van der Waals surface area (Å²) in [5.41, 5.74) is 2.22. The largest absolute Gasteiger partial charge is 0.370 e. The second kappa shape index (κ2) is 6.45. The highest BCUT2D eigenvalue weighted by Crippen LogP contribution is 2.26. The maximum atomic E-state index is 12.1. The van der Waals surface area contributed by atoms with E-state index in [0.717, 1.165) is 35.9 Å². The van der Waals surface area contributed by atoms with E-state index in [1.54, 1.807) is 0 Å². The van der Waals surface area contributed by atoms with Gasteiger partial charge < -0.3 is 9.72 Å². The number of carbonyl (C=O) groups excluding carboxylic acids is 1. The maximum Gasteiger partial charge on any atom is 0.248 e. The van der Waals surface area contributed by atoms with Gasteiger partial charge in [-0.2, -0.15) is 4.98 Å². The molecule has 0 spiro atoms. The molecule has 0 saturated carbocycles. The number of ether oxygens (including phenoxy) is 1. The molecule has 1 aromatic carbocycles. The number of amides is 1. The van der Waals surface area contributed by atoms with Crippen molar-refractivity contribution >= 4 is 22.8 Å². The minimum absolute atomic E-state index is 0.0330. The number of para-hydroxylation sites is 1. The van der Waals surface area contributed by atoms with Crippen molar-refractivity contribution in [3.05, 3.63) is 41.9 Å². The summed E-state index contributed by atoms with van der Waals surface area (Å²) >= 11 is 0. The van der Waals surface area contributed by atoms with Crippen molar-refractivity contribution in [2.24, 2.45) is 0 Å². The molecule has 1 amide bonds. The minimum atomic E-state index is -0.0989. The second-order valence-corrected chi connectivity index (χ2v) is 5.95. The Morgan fingerprint density at radius 1 is 1.38 bits per heavy atom. The van der Waals surface area contributed by atoms with Gasteiger partial charge >= 0.3 is 0 Å². The first-order chi connectivity index (χ1) is 11.8. The van der Waals surface area contributed by atoms with Gasteiger partial charge in [-0.15, -0.1) is 5.10 Å². The number of carbonyl (C=O) groups is 1. The summed E-state index contributed by atoms with van der Waals surface area (Å²) in [5.74, 6) is 0.891. The van der Waals surface area contributed by atoms with Gasteiger partial charge in [0, 0.05) is 30.1 Å². The number of nitrogens with zero attached hydrogens (tertiary/aromatic N) is 2. The van der Waals surface area contributed by atoms with Crippen molar-refractivity contribution < 1.29 is 9.53 Å². The standard InChI is InChI=1S/C17H19N5O2/c23-15(8-7-11-10-18-13-5-2-1-4-12(11)13)19-17-20-16(21-22-17)14-6-3-9-24-14/h1-2,4-5,10,14,18H,3,6-9H2,(H2,19,20,21,22,23)/t14-/m1/s1. The van der Waals surface area contributed by atoms with Gasteiger partial charge in [0.05, 0.1) is 0 Å². The lowest BCUT2D eigenvalue weighted by Crippen LogP contribution is -2.13. The number of aromatic amines is 2. The highest BCUT2D eigenvalue weighted by atomic mass is 16.5. The van der Waals surface area contributed by atoms with E-state index in [-0.39, 0.29) is 12.0 Å². The van der Waals surface area contributed by atoms with E-state index in [0.29, 0.717) is 24.6 Å². The van der Waals surface area contributed by atoms with E-state index in [1.807, 2.05) is 24.4 Å². The Morgan fingerprint density at radius 2 is 2.29 bits per heavy atom. The Morgan fingerprint density at radius 3 is 3.17 bits per heavy atom. The van der Waals surface area contributed by atoms with Crippen LogP contribution in [0.25, 0.3) is 10.9 Å². The van der Waals surface area contributed by atoms with Crippen molar-refractivity contribution in [2.75, 3.05) is 11.9 Å². The molecule has 7 heteroatoms. The predicted octanol–water partition coefficient (Wildman–Crippen LogP) is 2.71. The second-order valence-electron chi connectivity index (χ2n) is 5.95. The molecule has 7 nitrogen and oxygen atoms in total. The number of aromatic nitrogens is 4. The lowest BCUT2D eigenvalue weighted by molar-refractivity contribution is -0.116. The molecule has 0 bridgehead atoms. The summed E-state index contributed by atoms with van der Waals surface area (Å²) in [6.45, 7) is 0.748. The number of hydrogen-bond donors (Lipinski definition) is 3. The monoisotopic (exact) mass is 325 g/mol. The molecule has 24 heavy (non-hydrogen) atoms. The zero-order valence-electron chi connectivity index (χ0n) is 13.2. The zero-order chi connectivity index (χ0) is 16.4. The molecule has 0 unspecified atom stereocenters. The van der Waals surface area contributed by atoms with Gasteiger partial charge in [-0.25, -0.2) is 0 Å². The van der Waals surface area contributed by atoms with Crippen molar-refractivity contribution in [3.63, 3.8) is 0 Å². The number of nitrogens with one attached hydrogen (secondary N) is 3. The number of aryl methyl sites for hydroxylation is 1. The molecular weight excluding hydrogens is 306 g/mol. The third kappa shape index (κ3) is 3.03. The van der Waals surface area contributed by atoms with E-state index in [1.165, 1.54) is 0 Å². The van der Waals surface area contributed by atoms with Gasteiger partial charge in [0.15, 0.2) is 5.82 Å². The molecule has 1 fully saturated rings. The van der Waals surface area contributed by atoms with Crippen LogP contribution in [-0.2, 0) is 16.0 Å². The number of H-pyrrole nitrogens is 2. The van der Waals surface area contributed by atoms with Gasteiger partial charge in [-0.3, -0.25) is 15.2 Å². The average molecular weight is 325 g/mol. The van der Waals surface area contributed by atoms with E-state index < -0.39 is 0 Å². The summed E-state index contributed by atoms with van der Waals surface area (Å²) in [6.07, 6.45) is 4.93. The third-order valence-electron chi connectivity index (χ3n) is 4.28. The minimum Gasteiger partial charge on any atom is -0.370 e. The fourth-order valence-corrected chi connectivity index (χ4v) is 3.04. The molecule has 1 aliphatic rings. The first kappa shape index (κ1) is 14.9. The lowest BCUT2D eigenvalue weighted by atomic mass is 10.1. The molecule has 1 atom stereocenters. The van der Waals surface area contributed by atoms with E-state index in [9.17, 15) is 4.79 Å². The van der Waals surface area contributed by atoms with Crippen LogP contribution in [-0.4, -0.2) is 32.7 Å². The molecule has 4 rings (SSSR count). The van der Waals surface area contributed by atoms with E-state index >= 15 is 0 Å². The van der Waals surface area contributed by atoms with Crippen molar-refractivity contribution in [2.45, 2.75) is 31.8 Å². The van der Waals surface area contributed by atoms with Gasteiger partial charge in [-0.1, -0.05) is 18.2 Å². The predicted molar refractivity (Wildman–Crippen MR) is 89.6 cm³/mol. The van der Waals surface area contributed by atoms with Crippen LogP contribution in [0.2, 0.25) is 0 Å². The molecule has 0 aliphatic carbocycles. The van der Waals surface area contributed by atoms with Gasteiger partial charge in [0.2, 0.25) is 11.9 Å². The Kier molecular flexibility index (Phi) is 4.00. The fraction of sp³-hybridized carbons (Fsp3) is 0.353. The highest BCUT2D eigenvalue weighted by Gasteiger charge is 2.21. The summed E-state index contributed by atoms with van der Waals surface area (Å²) < 4.78 is 5.54. The quantitative estimate of drug-likeness (QED) is 0.672. The van der Waals surface area contributed by atoms with Crippen LogP contribution >= 0.6 is 0 Å². The van der Waals surface area contributed by atoms with E-state index in [2.05, 4.69) is 31.5 Å². The summed E-state index contributed by atoms with van der Waals surface area (Å²) in [7, 11) is 0. The Balaban J connectivity index is 1.35. The smallest absolute Gasteiger partial charge is 0.248 e. The van der Waals surface area contributed by atoms with Gasteiger partial charge in [-0.05, 0) is 30.9 Å². The van der Waals surface area contributed by atoms with E-state index in [4.69, 9.17) is 4.74 Å². The Bertz CT molecular complexity index is 847. The molecule has 3 N–H and O–H groups in total. The summed E-state index contributed by atoms with van der Waals surface area (Å²) in [5, 5.41) is 10.8. The van der Waals surface area contributed by atoms with Crippen LogP contribution < -0.4 is 5.32 Å². The topological polar surface area (TPSA) is 95.7 Å². The van der Waals surface area contributed by atoms with Crippen LogP contribution in [0.4, 0.5) is 5.95 Å². The number of anilines is 1. The average Bonchev–Trinajstić information content (AvgIpc) is 3.33. The molecule has 3 aromatic rings. The van der Waals surface area contributed by atoms with Gasteiger partial charge in [0.1, 0.15) is 6.10 Å². The first-order valence-corrected chi connectivity index (χ1v) is 8.18. The van der Waals surface area contributed by atoms with Crippen LogP contribution in [0, 0.1) is 0 Å². The van der Waals surface area contributed by atoms with Crippen molar-refractivity contribution in [1.29, 1.82) is 0 Å². The third-order valence-corrected chi connectivity index (χ3v) is 4.28. The van der Waals surface area contributed by atoms with Crippen LogP contribution in [0.1, 0.15) is 36.8 Å². The highest BCUT2D eigenvalue weighted by molar-refractivity contribution is 5.90. The molecule has 2 aromatic heterocycles. The lowest BCUT2D eigenvalue weighted by Gasteiger charge is -2.03. The SMILES string of the molecule is O=C(CCc1c[nH]c2ccccc12)Nc1n[nH]c([C@H]2CCCO2)n1. The molecule has 1 saturated heterocycles. The molecular formula is C17H19N5O2. The van der Waals surface area contributed by atoms with Crippen LogP contribution in [0.3, 0.4) is 0 Å². The van der Waals surface area contributed by atoms with Crippen molar-refractivity contribution in [1.82, 2.24) is 20.2 Å². The van der Waals surface area contributed by atoms with Crippen molar-refractivity contribution in [3.8, 4) is 0 Å². The first-order valence-electron chi connectivity index (χ1n) is 8.18. The number of fused-ring (bicyclic) bond motifs is 1. The Labute approximate surface area is 138 Å². The number of hydrogen-bond acceptors (Lipinski definition) is 4. The summed E-state index contributed by atoms with van der Waals surface area (Å²) in [6, 6.07) is 8.08. The molecule has 1 aliphatic heterocycles. The molecule has 0 radical (unpaired) electrons. The zero-order valence-corrected chi connectivity index (χ0v) is 13.2. The number of rotatable bonds is 5. The summed E-state index contributed by atoms with van der Waals surface area (Å²) in [4.78, 5) is 19.6. The molecule has 124 valence electrons. The van der Waals surface area contributed by atoms with Crippen LogP contribution in [0.15, 0.2) is 30.5 Å². The van der Waals surface area contributed by atoms with Crippen LogP contribution in [0.5, 0.6) is 0 Å². The number of benzene rings is 1. The molecule has 3 heterocycles.